The third-order valence-electron chi connectivity index (χ3n) is 6.61. The van der Waals surface area contributed by atoms with Gasteiger partial charge >= 0.3 is 0 Å². The van der Waals surface area contributed by atoms with Crippen LogP contribution in [0.1, 0.15) is 18.2 Å². The summed E-state index contributed by atoms with van der Waals surface area (Å²) in [7, 11) is 3.79. The maximum Gasteiger partial charge on any atom is 0.228 e. The number of anilines is 2. The number of fused-ring (bicyclic) bond motifs is 1. The second-order valence-electron chi connectivity index (χ2n) is 9.38. The molecule has 1 saturated heterocycles. The molecule has 6 rings (SSSR count). The van der Waals surface area contributed by atoms with Crippen LogP contribution in [0.5, 0.6) is 5.75 Å². The number of nitrogens with zero attached hydrogens (tertiary/aromatic N) is 8. The van der Waals surface area contributed by atoms with Crippen molar-refractivity contribution in [2.75, 3.05) is 25.5 Å². The third kappa shape index (κ3) is 4.65. The number of aromatic nitrogens is 7. The molecule has 38 heavy (non-hydrogen) atoms. The van der Waals surface area contributed by atoms with Gasteiger partial charge in [0.05, 0.1) is 11.9 Å². The van der Waals surface area contributed by atoms with Crippen molar-refractivity contribution in [2.45, 2.75) is 18.4 Å². The van der Waals surface area contributed by atoms with Crippen LogP contribution in [0.25, 0.3) is 16.9 Å². The summed E-state index contributed by atoms with van der Waals surface area (Å²) in [6.07, 6.45) is 5.45. The fraction of sp³-hybridized carbons (Fsp3) is 0.269. The number of para-hydroxylation sites is 1. The lowest BCUT2D eigenvalue weighted by Crippen LogP contribution is -2.43. The van der Waals surface area contributed by atoms with Gasteiger partial charge in [-0.2, -0.15) is 5.10 Å². The number of hydrogen-bond donors (Lipinski definition) is 1. The molecular formula is C26H25F2N9O. The monoisotopic (exact) mass is 517 g/mol. The standard InChI is InChI=1S/C26H25F2N9O/c1-35-14-17(12-18(15-35)38-24-19(27)4-3-5-20(24)28)25-34-33-23-13-16(8-11-37(23)25)21-6-9-29-26(31-21)32-22-7-10-30-36(22)2/h3-11,13,17-18H,12,14-15H2,1-2H3,(H,29,31,32). The van der Waals surface area contributed by atoms with Crippen LogP contribution < -0.4 is 10.1 Å². The summed E-state index contributed by atoms with van der Waals surface area (Å²) in [5.41, 5.74) is 2.27. The summed E-state index contributed by atoms with van der Waals surface area (Å²) in [6.45, 7) is 1.27. The van der Waals surface area contributed by atoms with Gasteiger partial charge in [0.15, 0.2) is 23.0 Å². The molecule has 194 valence electrons. The second kappa shape index (κ2) is 9.78. The first-order valence-corrected chi connectivity index (χ1v) is 12.2. The molecule has 0 amide bonds. The van der Waals surface area contributed by atoms with Crippen LogP contribution in [0.4, 0.5) is 20.5 Å². The Bertz CT molecular complexity index is 1580. The molecule has 1 aliphatic rings. The molecule has 1 fully saturated rings. The topological polar surface area (TPSA) is 98.3 Å². The number of rotatable bonds is 6. The lowest BCUT2D eigenvalue weighted by molar-refractivity contribution is 0.0820. The lowest BCUT2D eigenvalue weighted by Gasteiger charge is -2.35. The number of benzene rings is 1. The minimum absolute atomic E-state index is 0.0387. The van der Waals surface area contributed by atoms with Gasteiger partial charge in [0.25, 0.3) is 0 Å². The van der Waals surface area contributed by atoms with Gasteiger partial charge in [0.2, 0.25) is 5.95 Å². The van der Waals surface area contributed by atoms with Crippen molar-refractivity contribution in [1.82, 2.24) is 39.2 Å². The third-order valence-corrected chi connectivity index (χ3v) is 6.61. The van der Waals surface area contributed by atoms with E-state index in [1.807, 2.05) is 49.0 Å². The normalized spacial score (nSPS) is 18.1. The molecule has 2 atom stereocenters. The Kier molecular flexibility index (Phi) is 6.16. The number of piperidine rings is 1. The molecule has 1 aromatic carbocycles. The maximum absolute atomic E-state index is 14.2. The van der Waals surface area contributed by atoms with E-state index in [1.165, 1.54) is 18.2 Å². The van der Waals surface area contributed by atoms with E-state index < -0.39 is 17.7 Å². The highest BCUT2D eigenvalue weighted by molar-refractivity contribution is 5.65. The van der Waals surface area contributed by atoms with Crippen molar-refractivity contribution >= 4 is 17.4 Å². The SMILES string of the molecule is CN1CC(Oc2c(F)cccc2F)CC(c2nnc3cc(-c4ccnc(Nc5ccnn5C)n4)ccn23)C1. The smallest absolute Gasteiger partial charge is 0.228 e. The highest BCUT2D eigenvalue weighted by Gasteiger charge is 2.32. The van der Waals surface area contributed by atoms with Crippen LogP contribution in [0, 0.1) is 11.6 Å². The average Bonchev–Trinajstić information content (AvgIpc) is 3.51. The Morgan fingerprint density at radius 3 is 2.63 bits per heavy atom. The van der Waals surface area contributed by atoms with E-state index >= 15 is 0 Å². The summed E-state index contributed by atoms with van der Waals surface area (Å²) in [4.78, 5) is 11.0. The Labute approximate surface area is 216 Å². The molecule has 0 radical (unpaired) electrons. The first kappa shape index (κ1) is 23.9. The number of nitrogens with one attached hydrogen (secondary N) is 1. The molecule has 5 heterocycles. The number of aryl methyl sites for hydroxylation is 1. The molecule has 1 aliphatic heterocycles. The van der Waals surface area contributed by atoms with E-state index in [4.69, 9.17) is 4.74 Å². The number of hydrogen-bond acceptors (Lipinski definition) is 8. The fourth-order valence-electron chi connectivity index (χ4n) is 4.84. The summed E-state index contributed by atoms with van der Waals surface area (Å²) in [5.74, 6) is 0.194. The van der Waals surface area contributed by atoms with E-state index in [2.05, 4.69) is 35.5 Å². The zero-order valence-corrected chi connectivity index (χ0v) is 20.8. The predicted molar refractivity (Wildman–Crippen MR) is 136 cm³/mol. The number of ether oxygens (including phenoxy) is 1. The van der Waals surface area contributed by atoms with E-state index in [0.717, 1.165) is 29.4 Å². The van der Waals surface area contributed by atoms with Crippen molar-refractivity contribution in [3.8, 4) is 17.0 Å². The molecule has 12 heteroatoms. The highest BCUT2D eigenvalue weighted by Crippen LogP contribution is 2.31. The quantitative estimate of drug-likeness (QED) is 0.363. The van der Waals surface area contributed by atoms with Crippen molar-refractivity contribution in [2.24, 2.45) is 7.05 Å². The van der Waals surface area contributed by atoms with Gasteiger partial charge in [-0.25, -0.2) is 18.7 Å². The minimum atomic E-state index is -0.710. The van der Waals surface area contributed by atoms with Gasteiger partial charge in [-0.05, 0) is 43.8 Å². The maximum atomic E-state index is 14.2. The zero-order valence-electron chi connectivity index (χ0n) is 20.8. The van der Waals surface area contributed by atoms with Crippen molar-refractivity contribution in [1.29, 1.82) is 0 Å². The van der Waals surface area contributed by atoms with Crippen molar-refractivity contribution in [3.63, 3.8) is 0 Å². The van der Waals surface area contributed by atoms with E-state index in [9.17, 15) is 8.78 Å². The molecule has 0 spiro atoms. The summed E-state index contributed by atoms with van der Waals surface area (Å²) < 4.78 is 37.8. The van der Waals surface area contributed by atoms with Gasteiger partial charge in [0, 0.05) is 50.1 Å². The van der Waals surface area contributed by atoms with Crippen LogP contribution in [-0.4, -0.2) is 65.5 Å². The molecule has 1 N–H and O–H groups in total. The fourth-order valence-corrected chi connectivity index (χ4v) is 4.84. The zero-order chi connectivity index (χ0) is 26.2. The Hall–Kier alpha value is -4.45. The minimum Gasteiger partial charge on any atom is -0.483 e. The summed E-state index contributed by atoms with van der Waals surface area (Å²) in [6, 6.07) is 11.3. The molecule has 5 aromatic rings. The highest BCUT2D eigenvalue weighted by atomic mass is 19.1. The van der Waals surface area contributed by atoms with Crippen LogP contribution in [0.2, 0.25) is 0 Å². The summed E-state index contributed by atoms with van der Waals surface area (Å²) in [5, 5.41) is 16.2. The molecule has 0 saturated carbocycles. The van der Waals surface area contributed by atoms with Crippen LogP contribution in [-0.2, 0) is 7.05 Å². The number of pyridine rings is 1. The predicted octanol–water partition coefficient (Wildman–Crippen LogP) is 3.81. The van der Waals surface area contributed by atoms with Gasteiger partial charge in [0.1, 0.15) is 17.7 Å². The van der Waals surface area contributed by atoms with Crippen LogP contribution >= 0.6 is 0 Å². The Morgan fingerprint density at radius 2 is 1.84 bits per heavy atom. The number of halogens is 2. The van der Waals surface area contributed by atoms with Crippen LogP contribution in [0.15, 0.2) is 61.1 Å². The van der Waals surface area contributed by atoms with Crippen molar-refractivity contribution in [3.05, 3.63) is 78.5 Å². The molecule has 0 bridgehead atoms. The van der Waals surface area contributed by atoms with Gasteiger partial charge in [-0.15, -0.1) is 10.2 Å². The lowest BCUT2D eigenvalue weighted by atomic mass is 9.95. The van der Waals surface area contributed by atoms with Gasteiger partial charge in [-0.1, -0.05) is 6.07 Å². The molecule has 10 nitrogen and oxygen atoms in total. The molecule has 0 aliphatic carbocycles. The molecular weight excluding hydrogens is 492 g/mol. The van der Waals surface area contributed by atoms with Crippen molar-refractivity contribution < 1.29 is 13.5 Å². The Morgan fingerprint density at radius 1 is 1.00 bits per heavy atom. The second-order valence-corrected chi connectivity index (χ2v) is 9.38. The summed E-state index contributed by atoms with van der Waals surface area (Å²) >= 11 is 0. The average molecular weight is 518 g/mol. The Balaban J connectivity index is 1.24. The van der Waals surface area contributed by atoms with E-state index in [-0.39, 0.29) is 11.7 Å². The molecule has 4 aromatic heterocycles. The van der Waals surface area contributed by atoms with Gasteiger partial charge in [-0.3, -0.25) is 9.08 Å². The largest absolute Gasteiger partial charge is 0.483 e. The van der Waals surface area contributed by atoms with E-state index in [1.54, 1.807) is 17.1 Å². The number of likely N-dealkylation sites (N-methyl/N-ethyl adjacent to an activating group) is 1. The molecule has 2 unspecified atom stereocenters. The first-order valence-electron chi connectivity index (χ1n) is 12.2. The first-order chi connectivity index (χ1) is 18.4. The number of likely N-dealkylation sites (tertiary alicyclic amines) is 1. The van der Waals surface area contributed by atoms with Gasteiger partial charge < -0.3 is 15.0 Å². The van der Waals surface area contributed by atoms with Crippen LogP contribution in [0.3, 0.4) is 0 Å². The van der Waals surface area contributed by atoms with E-state index in [0.29, 0.717) is 24.6 Å².